The van der Waals surface area contributed by atoms with Gasteiger partial charge in [0.15, 0.2) is 0 Å². The largest absolute Gasteiger partial charge is 0.392 e. The topological polar surface area (TPSA) is 67.2 Å². The van der Waals surface area contributed by atoms with Gasteiger partial charge in [0.25, 0.3) is 5.91 Å². The molecule has 0 aliphatic heterocycles. The summed E-state index contributed by atoms with van der Waals surface area (Å²) >= 11 is 0. The first-order valence-electron chi connectivity index (χ1n) is 8.15. The van der Waals surface area contributed by atoms with Crippen molar-refractivity contribution < 1.29 is 9.90 Å². The van der Waals surface area contributed by atoms with Crippen molar-refractivity contribution in [3.05, 3.63) is 52.8 Å². The molecule has 1 heterocycles. The van der Waals surface area contributed by atoms with Gasteiger partial charge in [0.1, 0.15) is 0 Å². The van der Waals surface area contributed by atoms with Gasteiger partial charge in [-0.25, -0.2) is 0 Å². The van der Waals surface area contributed by atoms with Gasteiger partial charge in [-0.15, -0.1) is 0 Å². The van der Waals surface area contributed by atoms with Crippen molar-refractivity contribution in [2.45, 2.75) is 51.8 Å². The molecule has 1 aromatic carbocycles. The molecule has 2 aromatic rings. The summed E-state index contributed by atoms with van der Waals surface area (Å²) in [6, 6.07) is 7.84. The molecule has 2 N–H and O–H groups in total. The summed E-state index contributed by atoms with van der Waals surface area (Å²) in [5.41, 5.74) is 3.52. The molecule has 122 valence electrons. The molecule has 1 amide bonds. The van der Waals surface area contributed by atoms with Crippen molar-refractivity contribution in [2.24, 2.45) is 0 Å². The Balaban J connectivity index is 1.76. The lowest BCUT2D eigenvalue weighted by atomic mass is 10.1. The summed E-state index contributed by atoms with van der Waals surface area (Å²) in [6.45, 7) is 4.55. The van der Waals surface area contributed by atoms with E-state index in [0.717, 1.165) is 29.7 Å². The molecule has 5 nitrogen and oxygen atoms in total. The normalized spacial score (nSPS) is 14.3. The zero-order valence-corrected chi connectivity index (χ0v) is 13.6. The number of hydrogen-bond acceptors (Lipinski definition) is 3. The highest BCUT2D eigenvalue weighted by Crippen LogP contribution is 2.42. The van der Waals surface area contributed by atoms with Crippen LogP contribution in [0.25, 0.3) is 0 Å². The van der Waals surface area contributed by atoms with Crippen LogP contribution in [-0.4, -0.2) is 20.8 Å². The Kier molecular flexibility index (Phi) is 4.48. The Morgan fingerprint density at radius 1 is 1.35 bits per heavy atom. The summed E-state index contributed by atoms with van der Waals surface area (Å²) in [6.07, 6.45) is 3.94. The molecule has 0 radical (unpaired) electrons. The summed E-state index contributed by atoms with van der Waals surface area (Å²) in [7, 11) is 0. The van der Waals surface area contributed by atoms with Crippen molar-refractivity contribution >= 4 is 5.91 Å². The average Bonchev–Trinajstić information content (AvgIpc) is 3.30. The Bertz CT molecular complexity index is 702. The van der Waals surface area contributed by atoms with Crippen LogP contribution in [0.2, 0.25) is 0 Å². The van der Waals surface area contributed by atoms with Crippen molar-refractivity contribution in [2.75, 3.05) is 0 Å². The smallest absolute Gasteiger partial charge is 0.255 e. The fraction of sp³-hybridized carbons (Fsp3) is 0.444. The lowest BCUT2D eigenvalue weighted by molar-refractivity contribution is 0.0949. The third kappa shape index (κ3) is 3.29. The highest BCUT2D eigenvalue weighted by molar-refractivity contribution is 5.95. The molecule has 0 atom stereocenters. The number of hydrogen-bond donors (Lipinski definition) is 2. The second-order valence-corrected chi connectivity index (χ2v) is 6.37. The van der Waals surface area contributed by atoms with Gasteiger partial charge >= 0.3 is 0 Å². The minimum atomic E-state index is -0.0912. The Labute approximate surface area is 136 Å². The molecule has 1 saturated carbocycles. The number of carbonyl (C=O) groups is 1. The predicted molar refractivity (Wildman–Crippen MR) is 88.1 cm³/mol. The summed E-state index contributed by atoms with van der Waals surface area (Å²) in [5.74, 6) is 0.372. The molecule has 0 saturated heterocycles. The molecule has 3 rings (SSSR count). The number of amides is 1. The Morgan fingerprint density at radius 2 is 2.04 bits per heavy atom. The maximum absolute atomic E-state index is 12.6. The first kappa shape index (κ1) is 15.7. The van der Waals surface area contributed by atoms with Gasteiger partial charge in [-0.3, -0.25) is 9.48 Å². The molecule has 0 bridgehead atoms. The standard InChI is InChI=1S/C18H23N3O2/c1-12(2)21-17(13-7-8-13)16(10-20-21)18(23)19-9-14-5-3-4-6-15(14)11-22/h3-6,10,12-13,22H,7-9,11H2,1-2H3,(H,19,23). The van der Waals surface area contributed by atoms with Gasteiger partial charge in [-0.05, 0) is 37.8 Å². The van der Waals surface area contributed by atoms with Crippen LogP contribution < -0.4 is 5.32 Å². The Morgan fingerprint density at radius 3 is 2.65 bits per heavy atom. The summed E-state index contributed by atoms with van der Waals surface area (Å²) < 4.78 is 1.97. The van der Waals surface area contributed by atoms with Crippen LogP contribution in [0.1, 0.15) is 65.8 Å². The molecule has 0 unspecified atom stereocenters. The lowest BCUT2D eigenvalue weighted by Gasteiger charge is -2.12. The molecule has 1 fully saturated rings. The fourth-order valence-electron chi connectivity index (χ4n) is 2.88. The average molecular weight is 313 g/mol. The first-order chi connectivity index (χ1) is 11.1. The van der Waals surface area contributed by atoms with Gasteiger partial charge in [0.2, 0.25) is 0 Å². The molecule has 5 heteroatoms. The van der Waals surface area contributed by atoms with Crippen LogP contribution in [0.4, 0.5) is 0 Å². The minimum absolute atomic E-state index is 0.0232. The zero-order valence-electron chi connectivity index (χ0n) is 13.6. The summed E-state index contributed by atoms with van der Waals surface area (Å²) in [5, 5.41) is 16.7. The van der Waals surface area contributed by atoms with Crippen LogP contribution in [0.15, 0.2) is 30.5 Å². The molecular weight excluding hydrogens is 290 g/mol. The van der Waals surface area contributed by atoms with Crippen LogP contribution in [-0.2, 0) is 13.2 Å². The molecule has 1 aliphatic carbocycles. The van der Waals surface area contributed by atoms with E-state index in [9.17, 15) is 9.90 Å². The number of benzene rings is 1. The fourth-order valence-corrected chi connectivity index (χ4v) is 2.88. The highest BCUT2D eigenvalue weighted by Gasteiger charge is 2.32. The van der Waals surface area contributed by atoms with Crippen LogP contribution >= 0.6 is 0 Å². The zero-order chi connectivity index (χ0) is 16.4. The van der Waals surface area contributed by atoms with Crippen molar-refractivity contribution in [3.63, 3.8) is 0 Å². The van der Waals surface area contributed by atoms with Crippen molar-refractivity contribution in [1.29, 1.82) is 0 Å². The predicted octanol–water partition coefficient (Wildman–Crippen LogP) is 2.76. The van der Waals surface area contributed by atoms with E-state index in [1.807, 2.05) is 28.9 Å². The lowest BCUT2D eigenvalue weighted by Crippen LogP contribution is -2.24. The van der Waals surface area contributed by atoms with Gasteiger partial charge in [-0.2, -0.15) is 5.10 Å². The molecule has 1 aliphatic rings. The van der Waals surface area contributed by atoms with E-state index >= 15 is 0 Å². The number of aliphatic hydroxyl groups excluding tert-OH is 1. The number of aromatic nitrogens is 2. The van der Waals surface area contributed by atoms with E-state index in [1.54, 1.807) is 6.20 Å². The quantitative estimate of drug-likeness (QED) is 0.861. The van der Waals surface area contributed by atoms with Crippen LogP contribution in [0, 0.1) is 0 Å². The van der Waals surface area contributed by atoms with Crippen molar-refractivity contribution in [3.8, 4) is 0 Å². The second kappa shape index (κ2) is 6.54. The SMILES string of the molecule is CC(C)n1ncc(C(=O)NCc2ccccc2CO)c1C1CC1. The van der Waals surface area contributed by atoms with Crippen LogP contribution in [0.3, 0.4) is 0 Å². The molecular formula is C18H23N3O2. The number of nitrogens with one attached hydrogen (secondary N) is 1. The van der Waals surface area contributed by atoms with Gasteiger partial charge in [0.05, 0.1) is 24.1 Å². The van der Waals surface area contributed by atoms with E-state index in [4.69, 9.17) is 0 Å². The summed E-state index contributed by atoms with van der Waals surface area (Å²) in [4.78, 5) is 12.6. The molecule has 0 spiro atoms. The second-order valence-electron chi connectivity index (χ2n) is 6.37. The Hall–Kier alpha value is -2.14. The van der Waals surface area contributed by atoms with Gasteiger partial charge in [0, 0.05) is 18.5 Å². The van der Waals surface area contributed by atoms with E-state index in [-0.39, 0.29) is 18.6 Å². The number of nitrogens with zero attached hydrogens (tertiary/aromatic N) is 2. The number of rotatable bonds is 6. The molecule has 23 heavy (non-hydrogen) atoms. The van der Waals surface area contributed by atoms with Crippen LogP contribution in [0.5, 0.6) is 0 Å². The van der Waals surface area contributed by atoms with Gasteiger partial charge in [-0.1, -0.05) is 24.3 Å². The van der Waals surface area contributed by atoms with E-state index in [1.165, 1.54) is 0 Å². The van der Waals surface area contributed by atoms with E-state index < -0.39 is 0 Å². The van der Waals surface area contributed by atoms with Crippen molar-refractivity contribution in [1.82, 2.24) is 15.1 Å². The number of aliphatic hydroxyl groups is 1. The maximum atomic E-state index is 12.6. The monoisotopic (exact) mass is 313 g/mol. The van der Waals surface area contributed by atoms with E-state index in [2.05, 4.69) is 24.3 Å². The third-order valence-corrected chi connectivity index (χ3v) is 4.26. The first-order valence-corrected chi connectivity index (χ1v) is 8.15. The third-order valence-electron chi connectivity index (χ3n) is 4.26. The molecule has 1 aromatic heterocycles. The van der Waals surface area contributed by atoms with E-state index in [0.29, 0.717) is 18.0 Å². The minimum Gasteiger partial charge on any atom is -0.392 e. The maximum Gasteiger partial charge on any atom is 0.255 e. The highest BCUT2D eigenvalue weighted by atomic mass is 16.3. The van der Waals surface area contributed by atoms with Gasteiger partial charge < -0.3 is 10.4 Å². The number of carbonyl (C=O) groups excluding carboxylic acids is 1.